The number of methoxy groups -OCH3 is 1. The van der Waals surface area contributed by atoms with Crippen LogP contribution in [0.2, 0.25) is 0 Å². The molecule has 2 aliphatic heterocycles. The highest BCUT2D eigenvalue weighted by molar-refractivity contribution is 5.81. The Labute approximate surface area is 188 Å². The van der Waals surface area contributed by atoms with E-state index in [1.165, 1.54) is 0 Å². The quantitative estimate of drug-likeness (QED) is 0.637. The lowest BCUT2D eigenvalue weighted by Gasteiger charge is -2.39. The van der Waals surface area contributed by atoms with Crippen LogP contribution >= 0.6 is 0 Å². The summed E-state index contributed by atoms with van der Waals surface area (Å²) in [6.45, 7) is 0.765. The summed E-state index contributed by atoms with van der Waals surface area (Å²) in [7, 11) is 1.67. The second-order valence-corrected chi connectivity index (χ2v) is 8.61. The van der Waals surface area contributed by atoms with Gasteiger partial charge in [0.1, 0.15) is 5.75 Å². The summed E-state index contributed by atoms with van der Waals surface area (Å²) in [5.74, 6) is 1.14. The molecule has 1 fully saturated rings. The van der Waals surface area contributed by atoms with Gasteiger partial charge in [0.2, 0.25) is 5.91 Å². The van der Waals surface area contributed by atoms with Crippen molar-refractivity contribution in [2.45, 2.75) is 24.9 Å². The largest absolute Gasteiger partial charge is 0.497 e. The molecule has 2 aliphatic rings. The molecule has 0 bridgehead atoms. The average molecular weight is 429 g/mol. The van der Waals surface area contributed by atoms with E-state index in [0.29, 0.717) is 13.0 Å². The molecular weight excluding hydrogens is 400 g/mol. The maximum atomic E-state index is 13.3. The first-order valence-corrected chi connectivity index (χ1v) is 11.2. The fraction of sp³-hybridized carbons (Fsp3) is 0.296. The zero-order valence-corrected chi connectivity index (χ0v) is 18.2. The minimum Gasteiger partial charge on any atom is -0.497 e. The van der Waals surface area contributed by atoms with Crippen molar-refractivity contribution in [2.24, 2.45) is 5.92 Å². The van der Waals surface area contributed by atoms with Crippen LogP contribution in [-0.2, 0) is 11.2 Å². The zero-order valence-electron chi connectivity index (χ0n) is 18.2. The highest BCUT2D eigenvalue weighted by Gasteiger charge is 2.45. The Bertz CT molecular complexity index is 1110. The molecule has 5 nitrogen and oxygen atoms in total. The monoisotopic (exact) mass is 428 g/mol. The molecule has 0 unspecified atom stereocenters. The summed E-state index contributed by atoms with van der Waals surface area (Å²) in [5.41, 5.74) is 5.32. The number of aliphatic hydroxyl groups is 1. The van der Waals surface area contributed by atoms with Crippen molar-refractivity contribution in [1.82, 2.24) is 4.90 Å². The lowest BCUT2D eigenvalue weighted by Crippen LogP contribution is -2.43. The van der Waals surface area contributed by atoms with E-state index in [0.717, 1.165) is 40.1 Å². The molecule has 3 aromatic carbocycles. The molecule has 0 aromatic heterocycles. The molecule has 0 spiro atoms. The van der Waals surface area contributed by atoms with Gasteiger partial charge in [0.25, 0.3) is 0 Å². The molecule has 1 saturated heterocycles. The van der Waals surface area contributed by atoms with Crippen molar-refractivity contribution < 1.29 is 14.6 Å². The fourth-order valence-corrected chi connectivity index (χ4v) is 5.20. The first-order valence-electron chi connectivity index (χ1n) is 11.2. The number of benzene rings is 3. The molecule has 32 heavy (non-hydrogen) atoms. The molecule has 0 radical (unpaired) electrons. The molecule has 3 atom stereocenters. The summed E-state index contributed by atoms with van der Waals surface area (Å²) < 4.78 is 5.40. The first kappa shape index (κ1) is 20.6. The number of hydrogen-bond acceptors (Lipinski definition) is 4. The molecule has 1 amide bonds. The number of likely N-dealkylation sites (tertiary alicyclic amines) is 1. The second kappa shape index (κ2) is 8.67. The molecule has 2 N–H and O–H groups in total. The molecule has 0 saturated carbocycles. The number of carbonyl (C=O) groups excluding carboxylic acids is 1. The van der Waals surface area contributed by atoms with Gasteiger partial charge in [-0.05, 0) is 52.9 Å². The van der Waals surface area contributed by atoms with Gasteiger partial charge in [-0.3, -0.25) is 4.79 Å². The predicted octanol–water partition coefficient (Wildman–Crippen LogP) is 4.28. The smallest absolute Gasteiger partial charge is 0.227 e. The number of fused-ring (bicyclic) bond motifs is 3. The van der Waals surface area contributed by atoms with Crippen molar-refractivity contribution in [3.8, 4) is 16.9 Å². The van der Waals surface area contributed by atoms with Gasteiger partial charge in [-0.15, -0.1) is 0 Å². The maximum absolute atomic E-state index is 13.3. The van der Waals surface area contributed by atoms with Gasteiger partial charge < -0.3 is 20.1 Å². The number of aliphatic hydroxyl groups excluding tert-OH is 1. The Morgan fingerprint density at radius 2 is 1.88 bits per heavy atom. The Hall–Kier alpha value is -3.31. The van der Waals surface area contributed by atoms with Gasteiger partial charge in [0.05, 0.1) is 32.2 Å². The molecule has 164 valence electrons. The van der Waals surface area contributed by atoms with Crippen molar-refractivity contribution >= 4 is 11.6 Å². The van der Waals surface area contributed by atoms with E-state index in [2.05, 4.69) is 29.6 Å². The second-order valence-electron chi connectivity index (χ2n) is 8.61. The highest BCUT2D eigenvalue weighted by atomic mass is 16.5. The van der Waals surface area contributed by atoms with Crippen molar-refractivity contribution in [1.29, 1.82) is 0 Å². The van der Waals surface area contributed by atoms with Crippen molar-refractivity contribution in [3.05, 3.63) is 83.9 Å². The van der Waals surface area contributed by atoms with Crippen LogP contribution in [-0.4, -0.2) is 42.2 Å². The molecule has 2 heterocycles. The number of rotatable bonds is 5. The Kier molecular flexibility index (Phi) is 5.58. The fourth-order valence-electron chi connectivity index (χ4n) is 5.20. The highest BCUT2D eigenvalue weighted by Crippen LogP contribution is 2.47. The number of anilines is 1. The summed E-state index contributed by atoms with van der Waals surface area (Å²) >= 11 is 0. The van der Waals surface area contributed by atoms with Crippen LogP contribution in [0, 0.1) is 5.92 Å². The third-order valence-electron chi connectivity index (χ3n) is 6.79. The predicted molar refractivity (Wildman–Crippen MR) is 126 cm³/mol. The topological polar surface area (TPSA) is 61.8 Å². The van der Waals surface area contributed by atoms with Crippen molar-refractivity contribution in [2.75, 3.05) is 25.6 Å². The van der Waals surface area contributed by atoms with Crippen LogP contribution in [0.15, 0.2) is 72.8 Å². The zero-order chi connectivity index (χ0) is 22.1. The standard InChI is InChI=1S/C27H28N2O3/c1-32-21-9-5-8-19(15-21)20-10-11-24-23(16-20)27-22(25(17-30)28-24)12-13-29(27)26(31)14-18-6-3-2-4-7-18/h2-11,15-16,22,25,27-28,30H,12-14,17H2,1H3/t22-,25-,27-/m1/s1. The third-order valence-corrected chi connectivity index (χ3v) is 6.79. The van der Waals surface area contributed by atoms with Gasteiger partial charge in [0.15, 0.2) is 0 Å². The summed E-state index contributed by atoms with van der Waals surface area (Å²) in [6.07, 6.45) is 1.28. The van der Waals surface area contributed by atoms with E-state index in [9.17, 15) is 9.90 Å². The Morgan fingerprint density at radius 1 is 1.06 bits per heavy atom. The van der Waals surface area contributed by atoms with E-state index < -0.39 is 0 Å². The van der Waals surface area contributed by atoms with Gasteiger partial charge in [-0.2, -0.15) is 0 Å². The number of ether oxygens (including phenoxy) is 1. The van der Waals surface area contributed by atoms with Crippen LogP contribution in [0.25, 0.3) is 11.1 Å². The molecule has 5 rings (SSSR count). The van der Waals surface area contributed by atoms with Gasteiger partial charge in [-0.25, -0.2) is 0 Å². The molecule has 5 heteroatoms. The van der Waals surface area contributed by atoms with Crippen LogP contribution in [0.4, 0.5) is 5.69 Å². The number of carbonyl (C=O) groups is 1. The summed E-state index contributed by atoms with van der Waals surface area (Å²) in [6, 6.07) is 24.2. The lowest BCUT2D eigenvalue weighted by atomic mass is 9.82. The minimum absolute atomic E-state index is 0.0369. The van der Waals surface area contributed by atoms with Crippen LogP contribution in [0.5, 0.6) is 5.75 Å². The van der Waals surface area contributed by atoms with E-state index >= 15 is 0 Å². The molecular formula is C27H28N2O3. The SMILES string of the molecule is COc1cccc(-c2ccc3c(c2)[C@H]2[C@H](CCN2C(=O)Cc2ccccc2)[C@@H](CO)N3)c1. The average Bonchev–Trinajstić information content (AvgIpc) is 3.30. The van der Waals surface area contributed by atoms with E-state index in [4.69, 9.17) is 4.74 Å². The van der Waals surface area contributed by atoms with Gasteiger partial charge in [-0.1, -0.05) is 48.5 Å². The number of nitrogens with zero attached hydrogens (tertiary/aromatic N) is 1. The number of amides is 1. The van der Waals surface area contributed by atoms with Gasteiger partial charge >= 0.3 is 0 Å². The summed E-state index contributed by atoms with van der Waals surface area (Å²) in [4.78, 5) is 15.4. The molecule has 0 aliphatic carbocycles. The molecule has 3 aromatic rings. The number of hydrogen-bond donors (Lipinski definition) is 2. The third kappa shape index (κ3) is 3.73. The van der Waals surface area contributed by atoms with Crippen molar-refractivity contribution in [3.63, 3.8) is 0 Å². The Balaban J connectivity index is 1.51. The van der Waals surface area contributed by atoms with E-state index in [1.54, 1.807) is 7.11 Å². The van der Waals surface area contributed by atoms with Crippen LogP contribution < -0.4 is 10.1 Å². The minimum atomic E-state index is -0.0512. The first-order chi connectivity index (χ1) is 15.7. The Morgan fingerprint density at radius 3 is 2.66 bits per heavy atom. The van der Waals surface area contributed by atoms with Crippen LogP contribution in [0.1, 0.15) is 23.6 Å². The van der Waals surface area contributed by atoms with Gasteiger partial charge in [0, 0.05) is 18.2 Å². The number of nitrogens with one attached hydrogen (secondary N) is 1. The lowest BCUT2D eigenvalue weighted by molar-refractivity contribution is -0.131. The van der Waals surface area contributed by atoms with E-state index in [1.807, 2.05) is 53.4 Å². The van der Waals surface area contributed by atoms with E-state index in [-0.39, 0.29) is 30.5 Å². The maximum Gasteiger partial charge on any atom is 0.227 e. The van der Waals surface area contributed by atoms with Crippen LogP contribution in [0.3, 0.4) is 0 Å². The summed E-state index contributed by atoms with van der Waals surface area (Å²) in [5, 5.41) is 13.6. The normalized spacial score (nSPS) is 21.4.